The molecule has 0 atom stereocenters. The van der Waals surface area contributed by atoms with Crippen LogP contribution < -0.4 is 14.8 Å². The van der Waals surface area contributed by atoms with Gasteiger partial charge >= 0.3 is 0 Å². The van der Waals surface area contributed by atoms with Gasteiger partial charge in [0.05, 0.1) is 11.6 Å². The van der Waals surface area contributed by atoms with E-state index in [1.165, 1.54) is 0 Å². The van der Waals surface area contributed by atoms with E-state index < -0.39 is 0 Å². The molecule has 1 aliphatic rings. The summed E-state index contributed by atoms with van der Waals surface area (Å²) >= 11 is 6.25. The second-order valence-electron chi connectivity index (χ2n) is 6.37. The number of carbonyl (C=O) groups is 2. The van der Waals surface area contributed by atoms with Gasteiger partial charge in [-0.2, -0.15) is 0 Å². The Kier molecular flexibility index (Phi) is 6.41. The first kappa shape index (κ1) is 20.0. The second-order valence-corrected chi connectivity index (χ2v) is 6.78. The Balaban J connectivity index is 1.62. The summed E-state index contributed by atoms with van der Waals surface area (Å²) in [7, 11) is 0. The van der Waals surface area contributed by atoms with Crippen LogP contribution >= 0.6 is 11.6 Å². The number of fused-ring (bicyclic) bond motifs is 1. The summed E-state index contributed by atoms with van der Waals surface area (Å²) in [5, 5.41) is 3.15. The molecule has 0 radical (unpaired) electrons. The number of benzene rings is 2. The first-order chi connectivity index (χ1) is 13.5. The van der Waals surface area contributed by atoms with Crippen molar-refractivity contribution in [1.82, 2.24) is 4.90 Å². The fraction of sp³-hybridized carbons (Fsp3) is 0.333. The molecule has 2 amide bonds. The molecule has 2 aromatic rings. The Hall–Kier alpha value is -2.73. The van der Waals surface area contributed by atoms with Crippen molar-refractivity contribution < 1.29 is 19.1 Å². The lowest BCUT2D eigenvalue weighted by Gasteiger charge is -2.19. The quantitative estimate of drug-likeness (QED) is 0.765. The van der Waals surface area contributed by atoms with Crippen molar-refractivity contribution in [2.75, 3.05) is 31.6 Å². The maximum Gasteiger partial charge on any atom is 0.260 e. The van der Waals surface area contributed by atoms with Crippen LogP contribution in [0.15, 0.2) is 36.4 Å². The minimum atomic E-state index is -0.226. The molecule has 0 spiro atoms. The van der Waals surface area contributed by atoms with Gasteiger partial charge in [0.1, 0.15) is 11.5 Å². The smallest absolute Gasteiger partial charge is 0.260 e. The molecule has 1 aliphatic heterocycles. The number of rotatable bonds is 7. The Morgan fingerprint density at radius 1 is 1.18 bits per heavy atom. The average molecular weight is 403 g/mol. The van der Waals surface area contributed by atoms with Crippen molar-refractivity contribution in [1.29, 1.82) is 0 Å². The molecule has 6 nitrogen and oxygen atoms in total. The normalized spacial score (nSPS) is 12.1. The predicted octanol–water partition coefficient (Wildman–Crippen LogP) is 3.77. The van der Waals surface area contributed by atoms with E-state index in [1.807, 2.05) is 26.0 Å². The molecular weight excluding hydrogens is 380 g/mol. The van der Waals surface area contributed by atoms with E-state index in [4.69, 9.17) is 21.1 Å². The van der Waals surface area contributed by atoms with Crippen LogP contribution in [0.1, 0.15) is 29.8 Å². The second kappa shape index (κ2) is 8.97. The number of hydrogen-bond donors (Lipinski definition) is 1. The minimum Gasteiger partial charge on any atom is -0.493 e. The van der Waals surface area contributed by atoms with Crippen LogP contribution in [0.25, 0.3) is 0 Å². The monoisotopic (exact) mass is 402 g/mol. The van der Waals surface area contributed by atoms with Gasteiger partial charge in [0.25, 0.3) is 11.8 Å². The summed E-state index contributed by atoms with van der Waals surface area (Å²) in [6.07, 6.45) is 0.806. The highest BCUT2D eigenvalue weighted by Crippen LogP contribution is 2.29. The number of amides is 2. The Labute approximate surface area is 169 Å². The molecule has 28 heavy (non-hydrogen) atoms. The summed E-state index contributed by atoms with van der Waals surface area (Å²) < 4.78 is 11.0. The highest BCUT2D eigenvalue weighted by atomic mass is 35.5. The number of anilines is 1. The van der Waals surface area contributed by atoms with Gasteiger partial charge in [-0.3, -0.25) is 9.59 Å². The number of halogens is 1. The summed E-state index contributed by atoms with van der Waals surface area (Å²) in [5.41, 5.74) is 2.15. The minimum absolute atomic E-state index is 0.0791. The molecule has 2 aromatic carbocycles. The van der Waals surface area contributed by atoms with E-state index in [2.05, 4.69) is 5.32 Å². The van der Waals surface area contributed by atoms with Crippen molar-refractivity contribution in [3.05, 3.63) is 52.5 Å². The molecular formula is C21H23ClN2O4. The van der Waals surface area contributed by atoms with E-state index in [-0.39, 0.29) is 18.4 Å². The summed E-state index contributed by atoms with van der Waals surface area (Å²) in [6, 6.07) is 10.3. The first-order valence-electron chi connectivity index (χ1n) is 9.29. The zero-order valence-electron chi connectivity index (χ0n) is 16.0. The fourth-order valence-electron chi connectivity index (χ4n) is 3.03. The number of nitrogens with zero attached hydrogens (tertiary/aromatic N) is 1. The number of ether oxygens (including phenoxy) is 2. The third-order valence-corrected chi connectivity index (χ3v) is 4.90. The van der Waals surface area contributed by atoms with Gasteiger partial charge in [0, 0.05) is 30.8 Å². The molecule has 0 bridgehead atoms. The molecule has 0 aromatic heterocycles. The molecule has 3 rings (SSSR count). The average Bonchev–Trinajstić information content (AvgIpc) is 3.16. The van der Waals surface area contributed by atoms with Gasteiger partial charge in [-0.1, -0.05) is 11.6 Å². The molecule has 148 valence electrons. The highest BCUT2D eigenvalue weighted by Gasteiger charge is 2.16. The van der Waals surface area contributed by atoms with Crippen molar-refractivity contribution in [3.8, 4) is 11.5 Å². The summed E-state index contributed by atoms with van der Waals surface area (Å²) in [6.45, 7) is 5.66. The van der Waals surface area contributed by atoms with Crippen molar-refractivity contribution in [3.63, 3.8) is 0 Å². The summed E-state index contributed by atoms with van der Waals surface area (Å²) in [5.74, 6) is 0.908. The molecule has 1 N–H and O–H groups in total. The van der Waals surface area contributed by atoms with Gasteiger partial charge in [0.15, 0.2) is 6.61 Å². The van der Waals surface area contributed by atoms with E-state index in [0.717, 1.165) is 17.7 Å². The topological polar surface area (TPSA) is 67.9 Å². The molecule has 0 saturated heterocycles. The van der Waals surface area contributed by atoms with E-state index in [1.54, 1.807) is 29.2 Å². The third kappa shape index (κ3) is 4.57. The fourth-order valence-corrected chi connectivity index (χ4v) is 3.27. The van der Waals surface area contributed by atoms with Crippen LogP contribution in [-0.2, 0) is 11.2 Å². The van der Waals surface area contributed by atoms with Gasteiger partial charge < -0.3 is 19.7 Å². The molecule has 0 unspecified atom stereocenters. The molecule has 0 aliphatic carbocycles. The van der Waals surface area contributed by atoms with Crippen LogP contribution in [0.4, 0.5) is 5.69 Å². The lowest BCUT2D eigenvalue weighted by molar-refractivity contribution is -0.132. The highest BCUT2D eigenvalue weighted by molar-refractivity contribution is 6.32. The number of nitrogens with one attached hydrogen (secondary N) is 1. The van der Waals surface area contributed by atoms with Crippen LogP contribution in [-0.4, -0.2) is 43.0 Å². The van der Waals surface area contributed by atoms with Crippen LogP contribution in [0.3, 0.4) is 0 Å². The van der Waals surface area contributed by atoms with E-state index in [0.29, 0.717) is 41.7 Å². The maximum absolute atomic E-state index is 12.5. The maximum atomic E-state index is 12.5. The van der Waals surface area contributed by atoms with Crippen LogP contribution in [0.2, 0.25) is 5.02 Å². The van der Waals surface area contributed by atoms with Crippen molar-refractivity contribution >= 4 is 29.1 Å². The molecule has 0 fully saturated rings. The van der Waals surface area contributed by atoms with Gasteiger partial charge in [0.2, 0.25) is 0 Å². The SMILES string of the molecule is CCN(CC)C(=O)COc1ccc(NC(=O)c2ccc3c(c2)CCO3)cc1Cl. The zero-order valence-corrected chi connectivity index (χ0v) is 16.7. The van der Waals surface area contributed by atoms with E-state index in [9.17, 15) is 9.59 Å². The lowest BCUT2D eigenvalue weighted by atomic mass is 10.1. The Morgan fingerprint density at radius 2 is 1.96 bits per heavy atom. The van der Waals surface area contributed by atoms with Gasteiger partial charge in [-0.25, -0.2) is 0 Å². The van der Waals surface area contributed by atoms with Crippen molar-refractivity contribution in [2.24, 2.45) is 0 Å². The van der Waals surface area contributed by atoms with Crippen LogP contribution in [0, 0.1) is 0 Å². The third-order valence-electron chi connectivity index (χ3n) is 4.61. The zero-order chi connectivity index (χ0) is 20.1. The molecule has 1 heterocycles. The van der Waals surface area contributed by atoms with E-state index >= 15 is 0 Å². The summed E-state index contributed by atoms with van der Waals surface area (Å²) in [4.78, 5) is 26.2. The van der Waals surface area contributed by atoms with Gasteiger partial charge in [-0.15, -0.1) is 0 Å². The number of likely N-dealkylation sites (N-methyl/N-ethyl adjacent to an activating group) is 1. The van der Waals surface area contributed by atoms with Crippen LogP contribution in [0.5, 0.6) is 11.5 Å². The van der Waals surface area contributed by atoms with Gasteiger partial charge in [-0.05, 0) is 55.8 Å². The number of carbonyl (C=O) groups excluding carboxylic acids is 2. The lowest BCUT2D eigenvalue weighted by Crippen LogP contribution is -2.34. The Bertz CT molecular complexity index is 881. The number of hydrogen-bond acceptors (Lipinski definition) is 4. The predicted molar refractivity (Wildman–Crippen MR) is 108 cm³/mol. The largest absolute Gasteiger partial charge is 0.493 e. The standard InChI is InChI=1S/C21H23ClN2O4/c1-3-24(4-2)20(25)13-28-19-8-6-16(12-17(19)22)23-21(26)15-5-7-18-14(11-15)9-10-27-18/h5-8,11-12H,3-4,9-10,13H2,1-2H3,(H,23,26). The molecule has 7 heteroatoms. The Morgan fingerprint density at radius 3 is 2.68 bits per heavy atom. The first-order valence-corrected chi connectivity index (χ1v) is 9.66. The molecule has 0 saturated carbocycles. The van der Waals surface area contributed by atoms with Crippen molar-refractivity contribution in [2.45, 2.75) is 20.3 Å².